The highest BCUT2D eigenvalue weighted by atomic mass is 32.2. The Morgan fingerprint density at radius 2 is 1.94 bits per heavy atom. The lowest BCUT2D eigenvalue weighted by Crippen LogP contribution is -2.38. The molecule has 1 amide bonds. The number of aldehydes is 1. The van der Waals surface area contributed by atoms with E-state index in [1.165, 1.54) is 0 Å². The molecule has 1 atom stereocenters. The van der Waals surface area contributed by atoms with Gasteiger partial charge in [-0.05, 0) is 5.56 Å². The van der Waals surface area contributed by atoms with Crippen LogP contribution in [0.3, 0.4) is 0 Å². The molecule has 1 unspecified atom stereocenters. The minimum absolute atomic E-state index is 0.393. The van der Waals surface area contributed by atoms with Crippen LogP contribution in [-0.4, -0.2) is 33.4 Å². The van der Waals surface area contributed by atoms with E-state index in [4.69, 9.17) is 0 Å². The number of sulfonamides is 1. The molecule has 6 nitrogen and oxygen atoms in total. The van der Waals surface area contributed by atoms with Gasteiger partial charge in [-0.2, -0.15) is 0 Å². The maximum absolute atomic E-state index is 11.4. The Labute approximate surface area is 105 Å². The quantitative estimate of drug-likeness (QED) is 0.687. The van der Waals surface area contributed by atoms with Crippen LogP contribution in [0.2, 0.25) is 0 Å². The van der Waals surface area contributed by atoms with Crippen molar-refractivity contribution in [1.29, 1.82) is 0 Å². The van der Waals surface area contributed by atoms with Gasteiger partial charge in [0.05, 0.1) is 12.8 Å². The molecule has 0 aliphatic heterocycles. The third-order valence-corrected chi connectivity index (χ3v) is 2.77. The van der Waals surface area contributed by atoms with Crippen molar-refractivity contribution >= 4 is 22.2 Å². The smallest absolute Gasteiger partial charge is 0.235 e. The molecule has 1 rings (SSSR count). The standard InChI is InChI=1S/C11H14N2O4S/c1-18(16,17)12-7-11(15)13-10(8-14)9-5-3-2-4-6-9/h2-6,8,10,12H,7H2,1H3,(H,13,15). The number of benzene rings is 1. The van der Waals surface area contributed by atoms with Crippen LogP contribution in [-0.2, 0) is 19.6 Å². The molecule has 0 aromatic heterocycles. The summed E-state index contributed by atoms with van der Waals surface area (Å²) in [7, 11) is -3.43. The summed E-state index contributed by atoms with van der Waals surface area (Å²) in [6, 6.07) is 7.89. The molecule has 7 heteroatoms. The first-order valence-corrected chi connectivity index (χ1v) is 7.06. The Morgan fingerprint density at radius 3 is 2.44 bits per heavy atom. The molecule has 0 bridgehead atoms. The average molecular weight is 270 g/mol. The summed E-state index contributed by atoms with van der Waals surface area (Å²) in [6.45, 7) is -0.393. The minimum atomic E-state index is -3.43. The maximum atomic E-state index is 11.4. The summed E-state index contributed by atoms with van der Waals surface area (Å²) in [5, 5.41) is 2.42. The van der Waals surface area contributed by atoms with Gasteiger partial charge < -0.3 is 10.1 Å². The molecule has 0 saturated carbocycles. The average Bonchev–Trinajstić information content (AvgIpc) is 2.33. The number of nitrogens with one attached hydrogen (secondary N) is 2. The zero-order valence-corrected chi connectivity index (χ0v) is 10.6. The van der Waals surface area contributed by atoms with Crippen LogP contribution in [0, 0.1) is 0 Å². The highest BCUT2D eigenvalue weighted by Gasteiger charge is 2.14. The predicted molar refractivity (Wildman–Crippen MR) is 66.2 cm³/mol. The van der Waals surface area contributed by atoms with Gasteiger partial charge in [0, 0.05) is 0 Å². The Hall–Kier alpha value is -1.73. The van der Waals surface area contributed by atoms with Gasteiger partial charge in [0.15, 0.2) is 0 Å². The number of hydrogen-bond acceptors (Lipinski definition) is 4. The predicted octanol–water partition coefficient (Wildman–Crippen LogP) is -0.408. The van der Waals surface area contributed by atoms with E-state index in [-0.39, 0.29) is 0 Å². The molecule has 98 valence electrons. The second kappa shape index (κ2) is 6.27. The Kier molecular flexibility index (Phi) is 4.99. The zero-order chi connectivity index (χ0) is 13.6. The lowest BCUT2D eigenvalue weighted by Gasteiger charge is -2.13. The van der Waals surface area contributed by atoms with Crippen molar-refractivity contribution in [2.24, 2.45) is 0 Å². The fourth-order valence-corrected chi connectivity index (χ4v) is 1.67. The van der Waals surface area contributed by atoms with Gasteiger partial charge in [-0.3, -0.25) is 4.79 Å². The molecule has 0 aliphatic carbocycles. The molecule has 2 N–H and O–H groups in total. The largest absolute Gasteiger partial charge is 0.341 e. The van der Waals surface area contributed by atoms with Crippen molar-refractivity contribution in [3.05, 3.63) is 35.9 Å². The van der Waals surface area contributed by atoms with E-state index in [9.17, 15) is 18.0 Å². The van der Waals surface area contributed by atoms with Gasteiger partial charge >= 0.3 is 0 Å². The first kappa shape index (κ1) is 14.3. The Bertz CT molecular complexity index is 513. The van der Waals surface area contributed by atoms with Gasteiger partial charge in [0.1, 0.15) is 12.3 Å². The van der Waals surface area contributed by atoms with Gasteiger partial charge in [-0.25, -0.2) is 13.1 Å². The molecular weight excluding hydrogens is 256 g/mol. The third-order valence-electron chi connectivity index (χ3n) is 2.11. The number of hydrogen-bond donors (Lipinski definition) is 2. The Balaban J connectivity index is 2.59. The third kappa shape index (κ3) is 5.07. The molecule has 1 aromatic rings. The van der Waals surface area contributed by atoms with Crippen molar-refractivity contribution in [3.63, 3.8) is 0 Å². The van der Waals surface area contributed by atoms with Crippen LogP contribution in [0.5, 0.6) is 0 Å². The van der Waals surface area contributed by atoms with Crippen molar-refractivity contribution in [2.45, 2.75) is 6.04 Å². The lowest BCUT2D eigenvalue weighted by atomic mass is 10.1. The summed E-state index contributed by atoms with van der Waals surface area (Å²) in [5.41, 5.74) is 0.639. The summed E-state index contributed by atoms with van der Waals surface area (Å²) in [5.74, 6) is -0.568. The van der Waals surface area contributed by atoms with Crippen LogP contribution in [0.1, 0.15) is 11.6 Å². The fourth-order valence-electron chi connectivity index (χ4n) is 1.28. The van der Waals surface area contributed by atoms with Crippen LogP contribution >= 0.6 is 0 Å². The van der Waals surface area contributed by atoms with Crippen LogP contribution in [0.15, 0.2) is 30.3 Å². The van der Waals surface area contributed by atoms with E-state index in [0.717, 1.165) is 6.26 Å². The van der Waals surface area contributed by atoms with Crippen LogP contribution < -0.4 is 10.0 Å². The molecule has 0 radical (unpaired) electrons. The minimum Gasteiger partial charge on any atom is -0.341 e. The van der Waals surface area contributed by atoms with Crippen LogP contribution in [0.4, 0.5) is 0 Å². The summed E-state index contributed by atoms with van der Waals surface area (Å²) >= 11 is 0. The van der Waals surface area contributed by atoms with Crippen LogP contribution in [0.25, 0.3) is 0 Å². The topological polar surface area (TPSA) is 92.3 Å². The molecule has 1 aromatic carbocycles. The van der Waals surface area contributed by atoms with E-state index in [2.05, 4.69) is 5.32 Å². The number of amides is 1. The first-order valence-electron chi connectivity index (χ1n) is 5.16. The number of carbonyl (C=O) groups is 2. The highest BCUT2D eigenvalue weighted by Crippen LogP contribution is 2.09. The van der Waals surface area contributed by atoms with Crippen molar-refractivity contribution in [2.75, 3.05) is 12.8 Å². The van der Waals surface area contributed by atoms with Crippen molar-refractivity contribution in [1.82, 2.24) is 10.0 Å². The van der Waals surface area contributed by atoms with E-state index < -0.39 is 28.5 Å². The second-order valence-corrected chi connectivity index (χ2v) is 5.52. The van der Waals surface area contributed by atoms with E-state index in [1.807, 2.05) is 4.72 Å². The van der Waals surface area contributed by atoms with E-state index in [1.54, 1.807) is 30.3 Å². The normalized spacial score (nSPS) is 12.7. The molecule has 0 fully saturated rings. The SMILES string of the molecule is CS(=O)(=O)NCC(=O)NC(C=O)c1ccccc1. The molecule has 0 aliphatic rings. The highest BCUT2D eigenvalue weighted by molar-refractivity contribution is 7.88. The van der Waals surface area contributed by atoms with Gasteiger partial charge in [0.25, 0.3) is 0 Å². The number of carbonyl (C=O) groups excluding carboxylic acids is 2. The van der Waals surface area contributed by atoms with E-state index in [0.29, 0.717) is 11.8 Å². The second-order valence-electron chi connectivity index (χ2n) is 3.69. The molecule has 0 heterocycles. The monoisotopic (exact) mass is 270 g/mol. The van der Waals surface area contributed by atoms with Gasteiger partial charge in [0.2, 0.25) is 15.9 Å². The summed E-state index contributed by atoms with van der Waals surface area (Å²) in [6.07, 6.45) is 1.54. The maximum Gasteiger partial charge on any atom is 0.235 e. The summed E-state index contributed by atoms with van der Waals surface area (Å²) < 4.78 is 23.6. The first-order chi connectivity index (χ1) is 8.42. The lowest BCUT2D eigenvalue weighted by molar-refractivity contribution is -0.123. The molecule has 0 saturated heterocycles. The molecule has 0 spiro atoms. The van der Waals surface area contributed by atoms with Gasteiger partial charge in [-0.1, -0.05) is 30.3 Å². The number of rotatable bonds is 6. The molecule has 18 heavy (non-hydrogen) atoms. The van der Waals surface area contributed by atoms with Gasteiger partial charge in [-0.15, -0.1) is 0 Å². The fraction of sp³-hybridized carbons (Fsp3) is 0.273. The molecular formula is C11H14N2O4S. The summed E-state index contributed by atoms with van der Waals surface area (Å²) in [4.78, 5) is 22.3. The van der Waals surface area contributed by atoms with Crippen molar-refractivity contribution < 1.29 is 18.0 Å². The van der Waals surface area contributed by atoms with E-state index >= 15 is 0 Å². The zero-order valence-electron chi connectivity index (χ0n) is 9.79. The Morgan fingerprint density at radius 1 is 1.33 bits per heavy atom. The van der Waals surface area contributed by atoms with Crippen molar-refractivity contribution in [3.8, 4) is 0 Å².